The van der Waals surface area contributed by atoms with Gasteiger partial charge in [0.1, 0.15) is 42.7 Å². The van der Waals surface area contributed by atoms with Gasteiger partial charge in [0.25, 0.3) is 0 Å². The van der Waals surface area contributed by atoms with Crippen LogP contribution in [0.4, 0.5) is 0 Å². The Morgan fingerprint density at radius 3 is 1.27 bits per heavy atom. The maximum Gasteiger partial charge on any atom is 0.472 e. The van der Waals surface area contributed by atoms with E-state index in [0.717, 1.165) is 96.3 Å². The molecule has 1 aliphatic rings. The number of carbonyl (C=O) groups is 1. The van der Waals surface area contributed by atoms with E-state index in [0.29, 0.717) is 12.8 Å². The van der Waals surface area contributed by atoms with Gasteiger partial charge >= 0.3 is 13.8 Å². The third-order valence-corrected chi connectivity index (χ3v) is 11.0. The molecule has 0 aromatic heterocycles. The molecule has 1 aliphatic carbocycles. The number of ether oxygens (including phenoxy) is 2. The minimum atomic E-state index is -5.06. The molecule has 0 heterocycles. The normalized spacial score (nSPS) is 22.6. The number of hydrogen-bond donors (Lipinski definition) is 6. The number of unbranched alkanes of at least 4 members (excludes halogenated alkanes) is 4. The fraction of sp³-hybridized carbons (Fsp3) is 0.566. The molecule has 0 radical (unpaired) electrons. The molecule has 1 saturated carbocycles. The summed E-state index contributed by atoms with van der Waals surface area (Å²) in [5.74, 6) is -0.533. The summed E-state index contributed by atoms with van der Waals surface area (Å²) in [5.41, 5.74) is 0. The van der Waals surface area contributed by atoms with Crippen molar-refractivity contribution < 1.29 is 58.3 Å². The number of aliphatic hydroxyl groups excluding tert-OH is 5. The van der Waals surface area contributed by atoms with Gasteiger partial charge in [-0.1, -0.05) is 160 Å². The van der Waals surface area contributed by atoms with Gasteiger partial charge < -0.3 is 39.9 Å². The molecule has 66 heavy (non-hydrogen) atoms. The summed E-state index contributed by atoms with van der Waals surface area (Å²) >= 11 is 0. The molecule has 6 unspecified atom stereocenters. The Bertz CT molecular complexity index is 1590. The van der Waals surface area contributed by atoms with Gasteiger partial charge in [-0.05, 0) is 96.3 Å². The quantitative estimate of drug-likeness (QED) is 0.0149. The van der Waals surface area contributed by atoms with Crippen LogP contribution in [-0.2, 0) is 27.9 Å². The van der Waals surface area contributed by atoms with Crippen LogP contribution in [0, 0.1) is 0 Å². The lowest BCUT2D eigenvalue weighted by molar-refractivity contribution is -0.220. The molecule has 6 atom stereocenters. The van der Waals surface area contributed by atoms with Gasteiger partial charge in [0.15, 0.2) is 0 Å². The Hall–Kier alpha value is -3.52. The molecule has 0 aromatic rings. The van der Waals surface area contributed by atoms with E-state index in [4.69, 9.17) is 18.5 Å². The molecule has 1 fully saturated rings. The minimum Gasteiger partial charge on any atom is -0.457 e. The highest BCUT2D eigenvalue weighted by molar-refractivity contribution is 7.47. The first-order chi connectivity index (χ1) is 32.0. The molecule has 13 heteroatoms. The maximum atomic E-state index is 12.8. The van der Waals surface area contributed by atoms with E-state index < -0.39 is 63.1 Å². The molecule has 372 valence electrons. The van der Waals surface area contributed by atoms with Crippen molar-refractivity contribution in [3.63, 3.8) is 0 Å². The van der Waals surface area contributed by atoms with E-state index in [-0.39, 0.29) is 19.6 Å². The van der Waals surface area contributed by atoms with Gasteiger partial charge in [-0.3, -0.25) is 13.8 Å². The maximum absolute atomic E-state index is 12.8. The summed E-state index contributed by atoms with van der Waals surface area (Å²) in [5, 5.41) is 50.2. The number of aliphatic hydroxyl groups is 5. The summed E-state index contributed by atoms with van der Waals surface area (Å²) in [6.45, 7) is 3.76. The van der Waals surface area contributed by atoms with Crippen LogP contribution in [-0.4, -0.2) is 98.9 Å². The van der Waals surface area contributed by atoms with Crippen LogP contribution < -0.4 is 0 Å². The molecule has 0 spiro atoms. The van der Waals surface area contributed by atoms with Crippen LogP contribution in [0.25, 0.3) is 0 Å². The first-order valence-electron chi connectivity index (χ1n) is 24.0. The van der Waals surface area contributed by atoms with E-state index in [1.807, 2.05) is 12.2 Å². The van der Waals surface area contributed by atoms with E-state index in [9.17, 15) is 39.8 Å². The van der Waals surface area contributed by atoms with Gasteiger partial charge in [0.05, 0.1) is 19.8 Å². The van der Waals surface area contributed by atoms with Crippen molar-refractivity contribution in [3.8, 4) is 0 Å². The Balaban J connectivity index is 2.46. The van der Waals surface area contributed by atoms with E-state index in [1.54, 1.807) is 0 Å². The third-order valence-electron chi connectivity index (χ3n) is 10.0. The average molecular weight is 943 g/mol. The van der Waals surface area contributed by atoms with Crippen molar-refractivity contribution in [1.82, 2.24) is 0 Å². The summed E-state index contributed by atoms with van der Waals surface area (Å²) in [7, 11) is -5.06. The van der Waals surface area contributed by atoms with Crippen molar-refractivity contribution in [1.29, 1.82) is 0 Å². The van der Waals surface area contributed by atoms with Gasteiger partial charge in [-0.25, -0.2) is 4.57 Å². The topological polar surface area (TPSA) is 192 Å². The van der Waals surface area contributed by atoms with E-state index >= 15 is 0 Å². The fourth-order valence-electron chi connectivity index (χ4n) is 6.30. The van der Waals surface area contributed by atoms with Crippen LogP contribution >= 0.6 is 7.82 Å². The van der Waals surface area contributed by atoms with Crippen LogP contribution in [0.1, 0.15) is 129 Å². The smallest absolute Gasteiger partial charge is 0.457 e. The first kappa shape index (κ1) is 60.5. The number of carbonyl (C=O) groups excluding carboxylic acids is 1. The highest BCUT2D eigenvalue weighted by Gasteiger charge is 2.51. The predicted octanol–water partition coefficient (Wildman–Crippen LogP) is 10.4. The Morgan fingerprint density at radius 2 is 0.848 bits per heavy atom. The number of rotatable bonds is 38. The number of esters is 1. The summed E-state index contributed by atoms with van der Waals surface area (Å²) in [4.78, 5) is 23.2. The highest BCUT2D eigenvalue weighted by atomic mass is 31.2. The van der Waals surface area contributed by atoms with Crippen molar-refractivity contribution in [2.75, 3.05) is 19.8 Å². The molecular weight excluding hydrogens is 860 g/mol. The first-order valence-corrected chi connectivity index (χ1v) is 25.5. The lowest BCUT2D eigenvalue weighted by atomic mass is 9.85. The summed E-state index contributed by atoms with van der Waals surface area (Å²) in [6, 6.07) is 0. The summed E-state index contributed by atoms with van der Waals surface area (Å²) in [6.07, 6.45) is 49.7. The molecule has 0 bridgehead atoms. The summed E-state index contributed by atoms with van der Waals surface area (Å²) < 4.78 is 34.1. The zero-order valence-electron chi connectivity index (χ0n) is 39.7. The molecule has 6 N–H and O–H groups in total. The molecule has 0 aromatic carbocycles. The van der Waals surface area contributed by atoms with Crippen molar-refractivity contribution in [2.24, 2.45) is 0 Å². The van der Waals surface area contributed by atoms with E-state index in [2.05, 4.69) is 135 Å². The Morgan fingerprint density at radius 1 is 0.485 bits per heavy atom. The fourth-order valence-corrected chi connectivity index (χ4v) is 7.28. The van der Waals surface area contributed by atoms with Crippen LogP contribution in [0.3, 0.4) is 0 Å². The highest BCUT2D eigenvalue weighted by Crippen LogP contribution is 2.47. The number of phosphoric acid groups is 1. The average Bonchev–Trinajstić information content (AvgIpc) is 3.30. The standard InChI is InChI=1S/C53H83O12P/c1-3-5-7-9-11-13-15-17-19-21-22-23-24-25-26-27-28-30-32-34-36-38-40-42-47(54)64-46(45-63-66(60,61)65-53-51(58)49(56)48(55)50(57)52(53)59)44-62-43-41-39-37-35-33-31-29-20-18-16-14-12-10-8-6-4-2/h5-8,11-14,17-20,22-23,25-26,28,30-31,33,37,39,46,48-53,55-59H,3-4,9-10,15-16,21,24,27,29,32,34-36,38,40-45H2,1-2H3,(H,60,61)/b7-5-,8-6-,13-11-,14-12-,19-17-,20-18-,23-22-,26-25-,30-28-,33-31-,39-37-. The Labute approximate surface area is 396 Å². The van der Waals surface area contributed by atoms with Gasteiger partial charge in [-0.2, -0.15) is 0 Å². The van der Waals surface area contributed by atoms with Crippen molar-refractivity contribution in [2.45, 2.75) is 172 Å². The van der Waals surface area contributed by atoms with Gasteiger partial charge in [-0.15, -0.1) is 0 Å². The number of phosphoric ester groups is 1. The molecule has 0 saturated heterocycles. The van der Waals surface area contributed by atoms with Gasteiger partial charge in [0.2, 0.25) is 0 Å². The predicted molar refractivity (Wildman–Crippen MR) is 266 cm³/mol. The molecular formula is C53H83O12P. The second-order valence-corrected chi connectivity index (χ2v) is 17.2. The largest absolute Gasteiger partial charge is 0.472 e. The van der Waals surface area contributed by atoms with E-state index in [1.165, 1.54) is 0 Å². The third kappa shape index (κ3) is 33.0. The lowest BCUT2D eigenvalue weighted by Gasteiger charge is -2.41. The minimum absolute atomic E-state index is 0.127. The molecule has 0 amide bonds. The number of hydrogen-bond acceptors (Lipinski definition) is 11. The Kier molecular flexibility index (Phi) is 38.2. The van der Waals surface area contributed by atoms with Crippen molar-refractivity contribution >= 4 is 13.8 Å². The van der Waals surface area contributed by atoms with Gasteiger partial charge in [0, 0.05) is 6.42 Å². The van der Waals surface area contributed by atoms with Crippen LogP contribution in [0.5, 0.6) is 0 Å². The number of allylic oxidation sites excluding steroid dienone is 21. The second kappa shape index (κ2) is 41.7. The monoisotopic (exact) mass is 943 g/mol. The zero-order chi connectivity index (χ0) is 48.4. The SMILES string of the molecule is CC/C=C\C/C=C\C/C=C\C/C=C\C/C=C\C/C=C\CCCCCCC(=O)OC(COCC/C=C\C/C=C\C/C=C\C/C=C\C/C=C\CC)COP(=O)(O)OC1C(O)C(O)C(O)C(O)C1O. The van der Waals surface area contributed by atoms with Crippen LogP contribution in [0.15, 0.2) is 134 Å². The molecule has 1 rings (SSSR count). The molecule has 0 aliphatic heterocycles. The van der Waals surface area contributed by atoms with Crippen molar-refractivity contribution in [3.05, 3.63) is 134 Å². The van der Waals surface area contributed by atoms with Crippen LogP contribution in [0.2, 0.25) is 0 Å². The molecule has 12 nitrogen and oxygen atoms in total. The zero-order valence-corrected chi connectivity index (χ0v) is 40.6. The lowest BCUT2D eigenvalue weighted by Crippen LogP contribution is -2.64. The second-order valence-electron chi connectivity index (χ2n) is 15.8.